The lowest BCUT2D eigenvalue weighted by atomic mass is 9.53. The molecule has 0 radical (unpaired) electrons. The molecular formula is C20H36BNO4. The Kier molecular flexibility index (Phi) is 4.93. The van der Waals surface area contributed by atoms with Crippen LogP contribution >= 0.6 is 0 Å². The maximum Gasteiger partial charge on any atom is 0.458 e. The lowest BCUT2D eigenvalue weighted by Gasteiger charge is -2.52. The van der Waals surface area contributed by atoms with Gasteiger partial charge in [0.1, 0.15) is 5.60 Å². The number of likely N-dealkylation sites (tertiary alicyclic amines) is 1. The minimum Gasteiger partial charge on any atom is -0.444 e. The molecule has 0 unspecified atom stereocenters. The van der Waals surface area contributed by atoms with Crippen LogP contribution in [0.5, 0.6) is 0 Å². The van der Waals surface area contributed by atoms with Crippen molar-refractivity contribution in [1.82, 2.24) is 4.90 Å². The summed E-state index contributed by atoms with van der Waals surface area (Å²) in [6, 6.07) is 0. The van der Waals surface area contributed by atoms with Crippen molar-refractivity contribution in [2.24, 2.45) is 11.3 Å². The SMILES string of the molecule is CC(C)(C)OC(=O)N1CCC2(CC1)CC(CB1OC(C)(C)C(C)(C)O1)C2. The normalized spacial score (nSPS) is 27.5. The molecule has 3 rings (SSSR count). The molecule has 3 fully saturated rings. The molecule has 1 aliphatic carbocycles. The molecule has 5 nitrogen and oxygen atoms in total. The van der Waals surface area contributed by atoms with Gasteiger partial charge in [0.15, 0.2) is 0 Å². The topological polar surface area (TPSA) is 48.0 Å². The second kappa shape index (κ2) is 6.40. The summed E-state index contributed by atoms with van der Waals surface area (Å²) in [7, 11) is -0.0794. The monoisotopic (exact) mass is 365 g/mol. The Morgan fingerprint density at radius 2 is 1.58 bits per heavy atom. The molecule has 26 heavy (non-hydrogen) atoms. The third kappa shape index (κ3) is 4.06. The number of hydrogen-bond donors (Lipinski definition) is 0. The maximum atomic E-state index is 12.2. The number of carbonyl (C=O) groups is 1. The van der Waals surface area contributed by atoms with E-state index in [0.717, 1.165) is 32.3 Å². The maximum absolute atomic E-state index is 12.2. The van der Waals surface area contributed by atoms with Crippen LogP contribution in [0.3, 0.4) is 0 Å². The Balaban J connectivity index is 1.43. The van der Waals surface area contributed by atoms with E-state index in [4.69, 9.17) is 14.0 Å². The van der Waals surface area contributed by atoms with Gasteiger partial charge in [-0.05, 0) is 91.8 Å². The molecule has 6 heteroatoms. The van der Waals surface area contributed by atoms with Gasteiger partial charge in [-0.3, -0.25) is 0 Å². The van der Waals surface area contributed by atoms with E-state index in [1.807, 2.05) is 25.7 Å². The van der Waals surface area contributed by atoms with E-state index in [-0.39, 0.29) is 24.4 Å². The van der Waals surface area contributed by atoms with Crippen LogP contribution in [0.15, 0.2) is 0 Å². The summed E-state index contributed by atoms with van der Waals surface area (Å²) in [5.41, 5.74) is -0.473. The van der Waals surface area contributed by atoms with Gasteiger partial charge in [-0.1, -0.05) is 0 Å². The van der Waals surface area contributed by atoms with Gasteiger partial charge in [0.2, 0.25) is 0 Å². The number of nitrogens with zero attached hydrogens (tertiary/aromatic N) is 1. The van der Waals surface area contributed by atoms with Gasteiger partial charge in [0.05, 0.1) is 11.2 Å². The summed E-state index contributed by atoms with van der Waals surface area (Å²) < 4.78 is 17.8. The fourth-order valence-electron chi connectivity index (χ4n) is 4.56. The smallest absolute Gasteiger partial charge is 0.444 e. The van der Waals surface area contributed by atoms with Crippen molar-refractivity contribution in [3.8, 4) is 0 Å². The van der Waals surface area contributed by atoms with Crippen LogP contribution in [0.2, 0.25) is 6.32 Å². The zero-order valence-corrected chi connectivity index (χ0v) is 17.7. The van der Waals surface area contributed by atoms with Gasteiger partial charge in [0, 0.05) is 13.1 Å². The standard InChI is InChI=1S/C20H36BNO4/c1-17(2,3)24-16(23)22-10-8-20(9-11-22)12-15(13-20)14-21-25-18(4,5)19(6,7)26-21/h15H,8-14H2,1-7H3. The van der Waals surface area contributed by atoms with Crippen LogP contribution in [-0.4, -0.2) is 48.0 Å². The van der Waals surface area contributed by atoms with E-state index >= 15 is 0 Å². The molecule has 0 bridgehead atoms. The molecule has 2 heterocycles. The van der Waals surface area contributed by atoms with Gasteiger partial charge in [-0.25, -0.2) is 4.79 Å². The minimum absolute atomic E-state index is 0.0794. The van der Waals surface area contributed by atoms with Gasteiger partial charge in [0.25, 0.3) is 0 Å². The Labute approximate surface area is 159 Å². The zero-order chi connectivity index (χ0) is 19.4. The average Bonchev–Trinajstić information content (AvgIpc) is 2.63. The fraction of sp³-hybridized carbons (Fsp3) is 0.950. The molecule has 0 aromatic carbocycles. The second-order valence-electron chi connectivity index (χ2n) is 10.7. The average molecular weight is 365 g/mol. The molecule has 1 spiro atoms. The lowest BCUT2D eigenvalue weighted by Crippen LogP contribution is -2.50. The van der Waals surface area contributed by atoms with Crippen molar-refractivity contribution in [3.63, 3.8) is 0 Å². The molecule has 0 aromatic heterocycles. The number of hydrogen-bond acceptors (Lipinski definition) is 4. The molecule has 2 aliphatic heterocycles. The van der Waals surface area contributed by atoms with Crippen LogP contribution < -0.4 is 0 Å². The van der Waals surface area contributed by atoms with Crippen molar-refractivity contribution in [3.05, 3.63) is 0 Å². The van der Waals surface area contributed by atoms with Crippen LogP contribution in [0.25, 0.3) is 0 Å². The van der Waals surface area contributed by atoms with Gasteiger partial charge < -0.3 is 18.9 Å². The van der Waals surface area contributed by atoms with E-state index in [9.17, 15) is 4.79 Å². The van der Waals surface area contributed by atoms with Crippen LogP contribution in [0.4, 0.5) is 4.79 Å². The quantitative estimate of drug-likeness (QED) is 0.676. The predicted molar refractivity (Wildman–Crippen MR) is 103 cm³/mol. The number of carbonyl (C=O) groups excluding carboxylic acids is 1. The highest BCUT2D eigenvalue weighted by Gasteiger charge is 2.54. The molecule has 0 N–H and O–H groups in total. The molecule has 2 saturated heterocycles. The molecule has 1 amide bonds. The molecular weight excluding hydrogens is 329 g/mol. The molecule has 0 atom stereocenters. The van der Waals surface area contributed by atoms with Gasteiger partial charge in [-0.15, -0.1) is 0 Å². The summed E-state index contributed by atoms with van der Waals surface area (Å²) >= 11 is 0. The largest absolute Gasteiger partial charge is 0.458 e. The molecule has 148 valence electrons. The van der Waals surface area contributed by atoms with E-state index in [0.29, 0.717) is 11.3 Å². The first kappa shape index (κ1) is 20.0. The number of ether oxygens (including phenoxy) is 1. The summed E-state index contributed by atoms with van der Waals surface area (Å²) in [5, 5.41) is 0. The lowest BCUT2D eigenvalue weighted by molar-refractivity contribution is -0.0240. The third-order valence-corrected chi connectivity index (χ3v) is 6.75. The Morgan fingerprint density at radius 3 is 2.04 bits per heavy atom. The van der Waals surface area contributed by atoms with E-state index < -0.39 is 5.60 Å². The Morgan fingerprint density at radius 1 is 1.08 bits per heavy atom. The van der Waals surface area contributed by atoms with Crippen LogP contribution in [0, 0.1) is 11.3 Å². The predicted octanol–water partition coefficient (Wildman–Crippen LogP) is 4.51. The fourth-order valence-corrected chi connectivity index (χ4v) is 4.56. The molecule has 0 aromatic rings. The van der Waals surface area contributed by atoms with Crippen LogP contribution in [-0.2, 0) is 14.0 Å². The highest BCUT2D eigenvalue weighted by molar-refractivity contribution is 6.45. The minimum atomic E-state index is -0.420. The van der Waals surface area contributed by atoms with Crippen LogP contribution in [0.1, 0.15) is 74.1 Å². The third-order valence-electron chi connectivity index (χ3n) is 6.75. The molecule has 3 aliphatic rings. The first-order chi connectivity index (χ1) is 11.8. The number of amides is 1. The number of piperidine rings is 1. The second-order valence-corrected chi connectivity index (χ2v) is 10.7. The summed E-state index contributed by atoms with van der Waals surface area (Å²) in [6.45, 7) is 15.8. The van der Waals surface area contributed by atoms with E-state index in [1.54, 1.807) is 0 Å². The van der Waals surface area contributed by atoms with Gasteiger partial charge in [-0.2, -0.15) is 0 Å². The Hall–Kier alpha value is -0.745. The molecule has 1 saturated carbocycles. The van der Waals surface area contributed by atoms with Crippen molar-refractivity contribution in [2.45, 2.75) is 97.3 Å². The van der Waals surface area contributed by atoms with Crippen molar-refractivity contribution < 1.29 is 18.8 Å². The van der Waals surface area contributed by atoms with Crippen molar-refractivity contribution in [2.75, 3.05) is 13.1 Å². The van der Waals surface area contributed by atoms with Crippen molar-refractivity contribution >= 4 is 13.2 Å². The summed E-state index contributed by atoms with van der Waals surface area (Å²) in [4.78, 5) is 14.1. The number of rotatable bonds is 2. The zero-order valence-electron chi connectivity index (χ0n) is 17.7. The summed E-state index contributed by atoms with van der Waals surface area (Å²) in [6.07, 6.45) is 5.47. The first-order valence-electron chi connectivity index (χ1n) is 10.1. The van der Waals surface area contributed by atoms with Crippen molar-refractivity contribution in [1.29, 1.82) is 0 Å². The Bertz CT molecular complexity index is 523. The van der Waals surface area contributed by atoms with E-state index in [2.05, 4.69) is 27.7 Å². The van der Waals surface area contributed by atoms with E-state index in [1.165, 1.54) is 12.8 Å². The van der Waals surface area contributed by atoms with Gasteiger partial charge >= 0.3 is 13.2 Å². The summed E-state index contributed by atoms with van der Waals surface area (Å²) in [5.74, 6) is 0.678. The first-order valence-corrected chi connectivity index (χ1v) is 10.1. The highest BCUT2D eigenvalue weighted by atomic mass is 16.7. The highest BCUT2D eigenvalue weighted by Crippen LogP contribution is 2.55.